The Morgan fingerprint density at radius 3 is 2.52 bits per heavy atom. The van der Waals surface area contributed by atoms with Gasteiger partial charge in [0.1, 0.15) is 18.1 Å². The standard InChI is InChI=1S/C21H17NO5/c1-25-16-9-7-14(8-10-16)19(23)11-20-17-12-26-13-18(17)21(24)22(27-20)15-5-3-2-4-6-15/h2-10,12-13,20H,11H2,1H3. The van der Waals surface area contributed by atoms with E-state index in [1.54, 1.807) is 43.5 Å². The highest BCUT2D eigenvalue weighted by molar-refractivity contribution is 6.06. The average molecular weight is 363 g/mol. The quantitative estimate of drug-likeness (QED) is 0.636. The van der Waals surface area contributed by atoms with Gasteiger partial charge >= 0.3 is 0 Å². The lowest BCUT2D eigenvalue weighted by Gasteiger charge is -2.31. The third-order valence-electron chi connectivity index (χ3n) is 4.46. The molecule has 6 nitrogen and oxygen atoms in total. The summed E-state index contributed by atoms with van der Waals surface area (Å²) < 4.78 is 10.3. The summed E-state index contributed by atoms with van der Waals surface area (Å²) in [7, 11) is 1.57. The Morgan fingerprint density at radius 1 is 1.07 bits per heavy atom. The zero-order valence-corrected chi connectivity index (χ0v) is 14.6. The minimum Gasteiger partial charge on any atom is -0.497 e. The van der Waals surface area contributed by atoms with E-state index in [4.69, 9.17) is 14.0 Å². The van der Waals surface area contributed by atoms with Crippen LogP contribution in [0.3, 0.4) is 0 Å². The molecule has 0 fully saturated rings. The summed E-state index contributed by atoms with van der Waals surface area (Å²) >= 11 is 0. The number of Topliss-reactive ketones (excluding diaryl/α,β-unsaturated/α-hetero) is 1. The highest BCUT2D eigenvalue weighted by atomic mass is 16.7. The lowest BCUT2D eigenvalue weighted by Crippen LogP contribution is -2.38. The molecule has 27 heavy (non-hydrogen) atoms. The van der Waals surface area contributed by atoms with Crippen LogP contribution < -0.4 is 9.80 Å². The molecule has 1 unspecified atom stereocenters. The van der Waals surface area contributed by atoms with Crippen LogP contribution in [0.1, 0.15) is 38.8 Å². The Balaban J connectivity index is 1.60. The molecule has 136 valence electrons. The van der Waals surface area contributed by atoms with Crippen LogP contribution in [0, 0.1) is 0 Å². The van der Waals surface area contributed by atoms with Crippen molar-refractivity contribution in [3.63, 3.8) is 0 Å². The minimum absolute atomic E-state index is 0.0788. The van der Waals surface area contributed by atoms with Gasteiger partial charge < -0.3 is 9.15 Å². The van der Waals surface area contributed by atoms with Crippen molar-refractivity contribution >= 4 is 17.4 Å². The van der Waals surface area contributed by atoms with Gasteiger partial charge in [0.25, 0.3) is 5.91 Å². The van der Waals surface area contributed by atoms with E-state index in [9.17, 15) is 9.59 Å². The number of hydrogen-bond donors (Lipinski definition) is 0. The minimum atomic E-state index is -0.619. The van der Waals surface area contributed by atoms with E-state index in [-0.39, 0.29) is 18.1 Å². The Hall–Kier alpha value is -3.38. The van der Waals surface area contributed by atoms with E-state index >= 15 is 0 Å². The first-order chi connectivity index (χ1) is 13.2. The molecule has 0 saturated heterocycles. The number of nitrogens with zero attached hydrogens (tertiary/aromatic N) is 1. The van der Waals surface area contributed by atoms with E-state index < -0.39 is 6.10 Å². The molecule has 0 bridgehead atoms. The fourth-order valence-corrected chi connectivity index (χ4v) is 3.02. The number of fused-ring (bicyclic) bond motifs is 1. The maximum absolute atomic E-state index is 12.7. The maximum atomic E-state index is 12.7. The molecule has 0 saturated carbocycles. The van der Waals surface area contributed by atoms with Gasteiger partial charge in [-0.2, -0.15) is 5.06 Å². The number of anilines is 1. The smallest absolute Gasteiger partial charge is 0.285 e. The van der Waals surface area contributed by atoms with Crippen molar-refractivity contribution in [3.05, 3.63) is 83.8 Å². The molecule has 3 aromatic rings. The number of para-hydroxylation sites is 1. The van der Waals surface area contributed by atoms with Gasteiger partial charge in [0.2, 0.25) is 0 Å². The van der Waals surface area contributed by atoms with Gasteiger partial charge in [-0.3, -0.25) is 14.4 Å². The number of methoxy groups -OCH3 is 1. The number of furan rings is 1. The first kappa shape index (κ1) is 17.1. The Bertz CT molecular complexity index is 962. The second-order valence-corrected chi connectivity index (χ2v) is 6.13. The van der Waals surface area contributed by atoms with Gasteiger partial charge in [-0.1, -0.05) is 18.2 Å². The highest BCUT2D eigenvalue weighted by Gasteiger charge is 2.36. The lowest BCUT2D eigenvalue weighted by atomic mass is 9.98. The summed E-state index contributed by atoms with van der Waals surface area (Å²) in [5.41, 5.74) is 2.12. The van der Waals surface area contributed by atoms with Crippen LogP contribution in [0.25, 0.3) is 0 Å². The van der Waals surface area contributed by atoms with Crippen molar-refractivity contribution in [2.75, 3.05) is 12.2 Å². The first-order valence-electron chi connectivity index (χ1n) is 8.47. The molecule has 1 aromatic heterocycles. The summed E-state index contributed by atoms with van der Waals surface area (Å²) in [5, 5.41) is 1.21. The Morgan fingerprint density at radius 2 is 1.81 bits per heavy atom. The molecule has 2 heterocycles. The molecule has 0 aliphatic carbocycles. The van der Waals surface area contributed by atoms with Crippen LogP contribution in [-0.4, -0.2) is 18.8 Å². The van der Waals surface area contributed by atoms with E-state index in [1.807, 2.05) is 18.2 Å². The second kappa shape index (κ2) is 7.09. The summed E-state index contributed by atoms with van der Waals surface area (Å²) in [5.74, 6) is 0.258. The van der Waals surface area contributed by atoms with Gasteiger partial charge in [0, 0.05) is 17.5 Å². The van der Waals surface area contributed by atoms with Crippen LogP contribution in [0.15, 0.2) is 71.5 Å². The van der Waals surface area contributed by atoms with Crippen molar-refractivity contribution in [2.24, 2.45) is 0 Å². The normalized spacial score (nSPS) is 16.1. The monoisotopic (exact) mass is 363 g/mol. The zero-order chi connectivity index (χ0) is 18.8. The number of carbonyl (C=O) groups is 2. The number of rotatable bonds is 5. The summed E-state index contributed by atoms with van der Waals surface area (Å²) in [6.07, 6.45) is 2.31. The molecule has 1 aliphatic heterocycles. The number of carbonyl (C=O) groups excluding carboxylic acids is 2. The highest BCUT2D eigenvalue weighted by Crippen LogP contribution is 2.36. The van der Waals surface area contributed by atoms with Gasteiger partial charge in [0.15, 0.2) is 5.78 Å². The molecule has 1 atom stereocenters. The number of ketones is 1. The first-order valence-corrected chi connectivity index (χ1v) is 8.47. The summed E-state index contributed by atoms with van der Waals surface area (Å²) in [6.45, 7) is 0. The zero-order valence-electron chi connectivity index (χ0n) is 14.6. The van der Waals surface area contributed by atoms with E-state index in [0.29, 0.717) is 28.1 Å². The molecular weight excluding hydrogens is 346 g/mol. The maximum Gasteiger partial charge on any atom is 0.285 e. The molecule has 0 spiro atoms. The van der Waals surface area contributed by atoms with E-state index in [0.717, 1.165) is 0 Å². The summed E-state index contributed by atoms with van der Waals surface area (Å²) in [6, 6.07) is 15.9. The number of hydrogen-bond acceptors (Lipinski definition) is 5. The predicted octanol–water partition coefficient (Wildman–Crippen LogP) is 4.19. The second-order valence-electron chi connectivity index (χ2n) is 6.13. The third-order valence-corrected chi connectivity index (χ3v) is 4.46. The van der Waals surface area contributed by atoms with Crippen molar-refractivity contribution in [1.82, 2.24) is 0 Å². The van der Waals surface area contributed by atoms with Crippen LogP contribution >= 0.6 is 0 Å². The number of amides is 1. The number of hydroxylamine groups is 1. The largest absolute Gasteiger partial charge is 0.497 e. The van der Waals surface area contributed by atoms with Gasteiger partial charge in [-0.25, -0.2) is 0 Å². The SMILES string of the molecule is COc1ccc(C(=O)CC2ON(c3ccccc3)C(=O)c3cocc32)cc1. The van der Waals surface area contributed by atoms with Gasteiger partial charge in [-0.15, -0.1) is 0 Å². The van der Waals surface area contributed by atoms with Crippen molar-refractivity contribution in [3.8, 4) is 5.75 Å². The van der Waals surface area contributed by atoms with Crippen LogP contribution in [0.4, 0.5) is 5.69 Å². The molecular formula is C21H17NO5. The van der Waals surface area contributed by atoms with E-state index in [1.165, 1.54) is 17.6 Å². The Kier molecular flexibility index (Phi) is 4.48. The molecule has 0 N–H and O–H groups in total. The lowest BCUT2D eigenvalue weighted by molar-refractivity contribution is 0.0149. The number of ether oxygens (including phenoxy) is 1. The van der Waals surface area contributed by atoms with E-state index in [2.05, 4.69) is 0 Å². The fourth-order valence-electron chi connectivity index (χ4n) is 3.02. The van der Waals surface area contributed by atoms with Crippen molar-refractivity contribution in [2.45, 2.75) is 12.5 Å². The summed E-state index contributed by atoms with van der Waals surface area (Å²) in [4.78, 5) is 31.3. The Labute approximate surface area is 155 Å². The predicted molar refractivity (Wildman–Crippen MR) is 97.7 cm³/mol. The molecule has 1 aliphatic rings. The molecule has 2 aromatic carbocycles. The average Bonchev–Trinajstić information content (AvgIpc) is 3.21. The van der Waals surface area contributed by atoms with Crippen molar-refractivity contribution < 1.29 is 23.6 Å². The molecule has 4 rings (SSSR count). The topological polar surface area (TPSA) is 69.0 Å². The third kappa shape index (κ3) is 3.22. The van der Waals surface area contributed by atoms with Crippen LogP contribution in [-0.2, 0) is 4.84 Å². The van der Waals surface area contributed by atoms with Gasteiger partial charge in [-0.05, 0) is 36.4 Å². The molecule has 0 radical (unpaired) electrons. The fraction of sp³-hybridized carbons (Fsp3) is 0.143. The molecule has 1 amide bonds. The van der Waals surface area contributed by atoms with Crippen LogP contribution in [0.5, 0.6) is 5.75 Å². The molecule has 6 heteroatoms. The van der Waals surface area contributed by atoms with Gasteiger partial charge in [0.05, 0.1) is 24.6 Å². The number of benzene rings is 2. The van der Waals surface area contributed by atoms with Crippen LogP contribution in [0.2, 0.25) is 0 Å². The van der Waals surface area contributed by atoms with Crippen molar-refractivity contribution in [1.29, 1.82) is 0 Å².